The molecule has 1 unspecified atom stereocenters. The van der Waals surface area contributed by atoms with Crippen LogP contribution in [0.15, 0.2) is 0 Å². The molecule has 0 radical (unpaired) electrons. The van der Waals surface area contributed by atoms with Gasteiger partial charge in [-0.2, -0.15) is 0 Å². The van der Waals surface area contributed by atoms with Crippen LogP contribution in [0.1, 0.15) is 232 Å². The molecule has 0 heterocycles. The molecule has 0 aliphatic rings. The molecule has 412 valence electrons. The lowest BCUT2D eigenvalue weighted by molar-refractivity contribution is -0.129. The predicted octanol–water partition coefficient (Wildman–Crippen LogP) is 10.3. The Morgan fingerprint density at radius 3 is 1.23 bits per heavy atom. The molecular weight excluding hydrogens is 861 g/mol. The monoisotopic (exact) mass is 981 g/mol. The first-order chi connectivity index (χ1) is 34.1. The molecule has 69 heavy (non-hydrogen) atoms. The molecule has 0 rings (SSSR count). The van der Waals surface area contributed by atoms with Crippen molar-refractivity contribution in [2.45, 2.75) is 238 Å². The number of nitrogens with one attached hydrogen (secondary N) is 8. The maximum absolute atomic E-state index is 13.4. The highest BCUT2D eigenvalue weighted by Crippen LogP contribution is 2.16. The Bertz CT molecular complexity index is 990. The summed E-state index contributed by atoms with van der Waals surface area (Å²) in [5.41, 5.74) is 0. The van der Waals surface area contributed by atoms with E-state index in [2.05, 4.69) is 56.4 Å². The van der Waals surface area contributed by atoms with Gasteiger partial charge in [-0.15, -0.1) is 0 Å². The number of ether oxygens (including phenoxy) is 2. The minimum atomic E-state index is -0.485. The Kier molecular flexibility index (Phi) is 58.0. The first-order valence-corrected chi connectivity index (χ1v) is 29.9. The van der Waals surface area contributed by atoms with E-state index in [9.17, 15) is 9.59 Å². The van der Waals surface area contributed by atoms with Crippen LogP contribution < -0.4 is 42.5 Å². The molecular formula is C57H120N8O4. The van der Waals surface area contributed by atoms with Crippen molar-refractivity contribution in [3.63, 3.8) is 0 Å². The Morgan fingerprint density at radius 1 is 0.377 bits per heavy atom. The lowest BCUT2D eigenvalue weighted by Gasteiger charge is -2.19. The SMILES string of the molecule is CCCCCCCCCCCCCCCCCCCCCCC(NC(=O)CCOCCOCCC)C(=O)NCCCCCCC(CNCCCCNCCCNC)CNCCCCNCCCNC. The third-order valence-electron chi connectivity index (χ3n) is 13.4. The first kappa shape index (κ1) is 67.6. The molecule has 1 atom stereocenters. The number of unbranched alkanes of at least 4 members (excludes halogenated alkanes) is 24. The largest absolute Gasteiger partial charge is 0.379 e. The third-order valence-corrected chi connectivity index (χ3v) is 13.4. The van der Waals surface area contributed by atoms with Crippen LogP contribution in [0, 0.1) is 5.92 Å². The van der Waals surface area contributed by atoms with Gasteiger partial charge in [-0.25, -0.2) is 0 Å². The third kappa shape index (κ3) is 54.2. The fourth-order valence-electron chi connectivity index (χ4n) is 8.94. The average molecular weight is 982 g/mol. The van der Waals surface area contributed by atoms with E-state index in [1.807, 2.05) is 14.1 Å². The van der Waals surface area contributed by atoms with E-state index in [4.69, 9.17) is 9.47 Å². The fraction of sp³-hybridized carbons (Fsp3) is 0.965. The summed E-state index contributed by atoms with van der Waals surface area (Å²) < 4.78 is 11.1. The van der Waals surface area contributed by atoms with Gasteiger partial charge in [-0.05, 0) is 150 Å². The van der Waals surface area contributed by atoms with Gasteiger partial charge < -0.3 is 52.0 Å². The Morgan fingerprint density at radius 2 is 0.768 bits per heavy atom. The highest BCUT2D eigenvalue weighted by molar-refractivity contribution is 5.87. The van der Waals surface area contributed by atoms with E-state index in [-0.39, 0.29) is 18.2 Å². The second kappa shape index (κ2) is 59.2. The predicted molar refractivity (Wildman–Crippen MR) is 298 cm³/mol. The minimum absolute atomic E-state index is 0.0404. The van der Waals surface area contributed by atoms with Crippen molar-refractivity contribution >= 4 is 11.8 Å². The van der Waals surface area contributed by atoms with Crippen molar-refractivity contribution in [2.75, 3.05) is 113 Å². The molecule has 12 heteroatoms. The Hall–Kier alpha value is -1.38. The van der Waals surface area contributed by atoms with Crippen LogP contribution in [0.5, 0.6) is 0 Å². The lowest BCUT2D eigenvalue weighted by atomic mass is 10.00. The molecule has 0 aromatic heterocycles. The molecule has 2 amide bonds. The lowest BCUT2D eigenvalue weighted by Crippen LogP contribution is -2.47. The second-order valence-electron chi connectivity index (χ2n) is 20.2. The number of carbonyl (C=O) groups excluding carboxylic acids is 2. The van der Waals surface area contributed by atoms with Gasteiger partial charge in [0, 0.05) is 19.6 Å². The van der Waals surface area contributed by atoms with Crippen molar-refractivity contribution < 1.29 is 19.1 Å². The molecule has 0 bridgehead atoms. The maximum Gasteiger partial charge on any atom is 0.242 e. The number of carbonyl (C=O) groups is 2. The van der Waals surface area contributed by atoms with Crippen molar-refractivity contribution in [1.29, 1.82) is 0 Å². The van der Waals surface area contributed by atoms with Gasteiger partial charge in [0.15, 0.2) is 0 Å². The average Bonchev–Trinajstić information content (AvgIpc) is 3.35. The van der Waals surface area contributed by atoms with Gasteiger partial charge in [0.25, 0.3) is 0 Å². The molecule has 0 aliphatic carbocycles. The number of hydrogen-bond acceptors (Lipinski definition) is 10. The zero-order valence-electron chi connectivity index (χ0n) is 46.4. The van der Waals surface area contributed by atoms with E-state index >= 15 is 0 Å². The normalized spacial score (nSPS) is 12.1. The molecule has 0 aliphatic heterocycles. The summed E-state index contributed by atoms with van der Waals surface area (Å²) in [6.07, 6.45) is 41.8. The van der Waals surface area contributed by atoms with Crippen molar-refractivity contribution in [3.05, 3.63) is 0 Å². The Labute approximate surface area is 428 Å². The van der Waals surface area contributed by atoms with E-state index in [0.29, 0.717) is 38.7 Å². The quantitative estimate of drug-likeness (QED) is 0.0277. The zero-order valence-corrected chi connectivity index (χ0v) is 46.4. The van der Waals surface area contributed by atoms with Gasteiger partial charge in [0.05, 0.1) is 19.8 Å². The van der Waals surface area contributed by atoms with Crippen LogP contribution in [0.2, 0.25) is 0 Å². The molecule has 12 nitrogen and oxygen atoms in total. The summed E-state index contributed by atoms with van der Waals surface area (Å²) in [4.78, 5) is 26.4. The fourth-order valence-corrected chi connectivity index (χ4v) is 8.94. The van der Waals surface area contributed by atoms with Crippen LogP contribution in [-0.4, -0.2) is 130 Å². The van der Waals surface area contributed by atoms with Crippen LogP contribution in [0.25, 0.3) is 0 Å². The highest BCUT2D eigenvalue weighted by Gasteiger charge is 2.20. The molecule has 8 N–H and O–H groups in total. The van der Waals surface area contributed by atoms with E-state index < -0.39 is 6.04 Å². The topological polar surface area (TPSA) is 149 Å². The minimum Gasteiger partial charge on any atom is -0.379 e. The number of rotatable bonds is 60. The Balaban J connectivity index is 4.54. The van der Waals surface area contributed by atoms with Gasteiger partial charge >= 0.3 is 0 Å². The maximum atomic E-state index is 13.4. The summed E-state index contributed by atoms with van der Waals surface area (Å²) >= 11 is 0. The van der Waals surface area contributed by atoms with Gasteiger partial charge in [-0.3, -0.25) is 9.59 Å². The van der Waals surface area contributed by atoms with Crippen LogP contribution in [0.4, 0.5) is 0 Å². The molecule has 0 saturated heterocycles. The van der Waals surface area contributed by atoms with E-state index in [0.717, 1.165) is 104 Å². The summed E-state index contributed by atoms with van der Waals surface area (Å²) in [5, 5.41) is 27.3. The van der Waals surface area contributed by atoms with E-state index in [1.165, 1.54) is 173 Å². The van der Waals surface area contributed by atoms with Crippen LogP contribution in [0.3, 0.4) is 0 Å². The van der Waals surface area contributed by atoms with Crippen LogP contribution in [-0.2, 0) is 19.1 Å². The van der Waals surface area contributed by atoms with Crippen LogP contribution >= 0.6 is 0 Å². The van der Waals surface area contributed by atoms with Crippen molar-refractivity contribution in [2.24, 2.45) is 5.92 Å². The highest BCUT2D eigenvalue weighted by atomic mass is 16.5. The number of amides is 2. The molecule has 0 aromatic rings. The number of hydrogen-bond donors (Lipinski definition) is 8. The van der Waals surface area contributed by atoms with Crippen molar-refractivity contribution in [3.8, 4) is 0 Å². The van der Waals surface area contributed by atoms with Gasteiger partial charge in [-0.1, -0.05) is 162 Å². The molecule has 0 fully saturated rings. The van der Waals surface area contributed by atoms with Gasteiger partial charge in [0.1, 0.15) is 6.04 Å². The van der Waals surface area contributed by atoms with Crippen molar-refractivity contribution in [1.82, 2.24) is 42.5 Å². The summed E-state index contributed by atoms with van der Waals surface area (Å²) in [6, 6.07) is -0.485. The smallest absolute Gasteiger partial charge is 0.242 e. The van der Waals surface area contributed by atoms with E-state index in [1.54, 1.807) is 0 Å². The van der Waals surface area contributed by atoms with Gasteiger partial charge in [0.2, 0.25) is 11.8 Å². The molecule has 0 aromatic carbocycles. The zero-order chi connectivity index (χ0) is 50.0. The standard InChI is InChI=1S/C57H120N8O4/c1-5-7-8-9-10-11-12-13-14-15-16-17-18-19-20-21-22-23-24-28-37-55(65-56(66)38-49-69-51-50-68-48-6-2)57(67)64-47-29-26-25-27-36-54(52-62-43-32-30-41-60-45-34-39-58-3)53-63-44-33-31-42-61-46-35-40-59-4/h54-55,58-63H,5-53H2,1-4H3,(H,64,67)(H,65,66). The second-order valence-corrected chi connectivity index (χ2v) is 20.2. The summed E-state index contributed by atoms with van der Waals surface area (Å²) in [5.74, 6) is 0.473. The summed E-state index contributed by atoms with van der Waals surface area (Å²) in [6.45, 7) is 17.9. The molecule has 0 saturated carbocycles. The first-order valence-electron chi connectivity index (χ1n) is 29.9. The molecule has 0 spiro atoms. The summed E-state index contributed by atoms with van der Waals surface area (Å²) in [7, 11) is 4.03.